The van der Waals surface area contributed by atoms with Gasteiger partial charge in [-0.05, 0) is 192 Å². The molecule has 0 radical (unpaired) electrons. The number of benzene rings is 11. The topological polar surface area (TPSA) is 8.17 Å². The molecular formula is C74H57IN2. The highest BCUT2D eigenvalue weighted by atomic mass is 127. The van der Waals surface area contributed by atoms with E-state index in [1.807, 2.05) is 0 Å². The zero-order valence-electron chi connectivity index (χ0n) is 43.9. The van der Waals surface area contributed by atoms with Gasteiger partial charge in [0.05, 0.1) is 16.7 Å². The SMILES string of the molecule is CC1(C)c2ccccc2-c2cc3c4cc(-c5ccc(N(c6ccc(-c7ccccc7)cc6)c6cccc7c6-c6ccccc6C7(C)C)cc5)ccc4n(-c4ccc(CCc5ccccc5)c(-c5ccccc5I)c4)c3cc21. The van der Waals surface area contributed by atoms with Crippen molar-refractivity contribution in [2.75, 3.05) is 4.90 Å². The smallest absolute Gasteiger partial charge is 0.0544 e. The van der Waals surface area contributed by atoms with Gasteiger partial charge in [-0.25, -0.2) is 0 Å². The fourth-order valence-corrected chi connectivity index (χ4v) is 13.7. The van der Waals surface area contributed by atoms with Crippen LogP contribution in [0.5, 0.6) is 0 Å². The van der Waals surface area contributed by atoms with Crippen molar-refractivity contribution in [1.82, 2.24) is 4.57 Å². The molecule has 11 aromatic carbocycles. The number of rotatable bonds is 10. The lowest BCUT2D eigenvalue weighted by Crippen LogP contribution is -2.16. The highest BCUT2D eigenvalue weighted by Gasteiger charge is 2.38. The standard InChI is InChI=1S/C74H57IN2/c1-73(2)65-26-15-12-24-59(65)72-66(73)27-17-29-70(72)76(54-38-32-50(33-39-54)49-20-9-6-10-21-49)55-40-34-51(35-41-55)53-37-43-69-62(44-53)63-46-61-57-22-11-14-25-64(57)74(3,4)67(61)47-71(63)77(69)56-42-36-52(31-30-48-18-7-5-8-19-48)60(45-56)58-23-13-16-28-68(58)75/h5-29,32-47H,30-31H2,1-4H3. The molecular weight excluding hydrogens is 1040 g/mol. The van der Waals surface area contributed by atoms with Gasteiger partial charge in [0.25, 0.3) is 0 Å². The van der Waals surface area contributed by atoms with Crippen molar-refractivity contribution in [1.29, 1.82) is 0 Å². The van der Waals surface area contributed by atoms with Gasteiger partial charge < -0.3 is 9.47 Å². The lowest BCUT2D eigenvalue weighted by Gasteiger charge is -2.29. The number of nitrogens with zero attached hydrogens (tertiary/aromatic N) is 2. The summed E-state index contributed by atoms with van der Waals surface area (Å²) in [6.45, 7) is 9.51. The average molecular weight is 1100 g/mol. The molecule has 3 heteroatoms. The molecule has 14 rings (SSSR count). The minimum Gasteiger partial charge on any atom is -0.310 e. The van der Waals surface area contributed by atoms with Crippen molar-refractivity contribution in [3.8, 4) is 61.3 Å². The molecule has 0 saturated carbocycles. The third-order valence-corrected chi connectivity index (χ3v) is 18.0. The van der Waals surface area contributed by atoms with Gasteiger partial charge in [-0.1, -0.05) is 204 Å². The largest absolute Gasteiger partial charge is 0.310 e. The predicted molar refractivity (Wildman–Crippen MR) is 333 cm³/mol. The minimum atomic E-state index is -0.141. The Labute approximate surface area is 466 Å². The molecule has 0 aliphatic heterocycles. The van der Waals surface area contributed by atoms with Crippen LogP contribution in [0.3, 0.4) is 0 Å². The van der Waals surface area contributed by atoms with Crippen LogP contribution in [-0.4, -0.2) is 4.57 Å². The number of fused-ring (bicyclic) bond motifs is 9. The highest BCUT2D eigenvalue weighted by Crippen LogP contribution is 2.55. The molecule has 0 saturated heterocycles. The van der Waals surface area contributed by atoms with Crippen LogP contribution < -0.4 is 4.90 Å². The molecule has 0 N–H and O–H groups in total. The third-order valence-electron chi connectivity index (χ3n) is 17.0. The molecule has 370 valence electrons. The number of halogens is 1. The predicted octanol–water partition coefficient (Wildman–Crippen LogP) is 20.3. The van der Waals surface area contributed by atoms with E-state index in [2.05, 4.69) is 308 Å². The Morgan fingerprint density at radius 1 is 0.377 bits per heavy atom. The summed E-state index contributed by atoms with van der Waals surface area (Å²) in [6.07, 6.45) is 1.94. The van der Waals surface area contributed by atoms with Crippen LogP contribution in [0.1, 0.15) is 61.1 Å². The van der Waals surface area contributed by atoms with E-state index in [4.69, 9.17) is 0 Å². The molecule has 0 atom stereocenters. The summed E-state index contributed by atoms with van der Waals surface area (Å²) in [5.74, 6) is 0. The van der Waals surface area contributed by atoms with Crippen LogP contribution in [0.15, 0.2) is 249 Å². The summed E-state index contributed by atoms with van der Waals surface area (Å²) < 4.78 is 3.79. The lowest BCUT2D eigenvalue weighted by atomic mass is 9.82. The van der Waals surface area contributed by atoms with E-state index in [0.717, 1.165) is 24.2 Å². The molecule has 2 aliphatic rings. The monoisotopic (exact) mass is 1100 g/mol. The average Bonchev–Trinajstić information content (AvgIpc) is 4.25. The first-order chi connectivity index (χ1) is 37.6. The number of aryl methyl sites for hydroxylation is 2. The Morgan fingerprint density at radius 2 is 0.935 bits per heavy atom. The first kappa shape index (κ1) is 47.2. The van der Waals surface area contributed by atoms with Crippen LogP contribution in [0, 0.1) is 3.57 Å². The van der Waals surface area contributed by atoms with Gasteiger partial charge in [0.2, 0.25) is 0 Å². The summed E-state index contributed by atoms with van der Waals surface area (Å²) in [7, 11) is 0. The molecule has 0 bridgehead atoms. The zero-order chi connectivity index (χ0) is 52.0. The highest BCUT2D eigenvalue weighted by molar-refractivity contribution is 14.1. The van der Waals surface area contributed by atoms with E-state index < -0.39 is 0 Å². The molecule has 77 heavy (non-hydrogen) atoms. The maximum Gasteiger partial charge on any atom is 0.0544 e. The quantitative estimate of drug-likeness (QED) is 0.124. The maximum atomic E-state index is 2.54. The summed E-state index contributed by atoms with van der Waals surface area (Å²) in [6, 6.07) is 93.0. The molecule has 0 amide bonds. The van der Waals surface area contributed by atoms with Crippen LogP contribution in [0.2, 0.25) is 0 Å². The van der Waals surface area contributed by atoms with Gasteiger partial charge in [-0.15, -0.1) is 0 Å². The van der Waals surface area contributed by atoms with Crippen molar-refractivity contribution in [3.05, 3.63) is 286 Å². The van der Waals surface area contributed by atoms with Crippen molar-refractivity contribution in [2.45, 2.75) is 51.4 Å². The molecule has 0 unspecified atom stereocenters. The first-order valence-electron chi connectivity index (χ1n) is 27.1. The Morgan fingerprint density at radius 3 is 1.65 bits per heavy atom. The molecule has 0 fully saturated rings. The summed E-state index contributed by atoms with van der Waals surface area (Å²) in [5.41, 5.74) is 27.6. The van der Waals surface area contributed by atoms with Gasteiger partial charge in [0.1, 0.15) is 0 Å². The summed E-state index contributed by atoms with van der Waals surface area (Å²) >= 11 is 2.52. The number of hydrogen-bond acceptors (Lipinski definition) is 1. The molecule has 1 heterocycles. The molecule has 1 aromatic heterocycles. The maximum absolute atomic E-state index is 2.54. The third kappa shape index (κ3) is 7.80. The van der Waals surface area contributed by atoms with Gasteiger partial charge in [-0.3, -0.25) is 0 Å². The van der Waals surface area contributed by atoms with Crippen LogP contribution in [-0.2, 0) is 23.7 Å². The Kier molecular flexibility index (Phi) is 11.3. The normalized spacial score (nSPS) is 13.6. The van der Waals surface area contributed by atoms with Gasteiger partial charge in [0.15, 0.2) is 0 Å². The van der Waals surface area contributed by atoms with Crippen molar-refractivity contribution >= 4 is 61.5 Å². The first-order valence-corrected chi connectivity index (χ1v) is 28.1. The van der Waals surface area contributed by atoms with E-state index in [0.29, 0.717) is 0 Å². The molecule has 0 spiro atoms. The second-order valence-electron chi connectivity index (χ2n) is 22.1. The number of aromatic nitrogens is 1. The van der Waals surface area contributed by atoms with E-state index in [-0.39, 0.29) is 10.8 Å². The van der Waals surface area contributed by atoms with Gasteiger partial charge in [0, 0.05) is 47.8 Å². The van der Waals surface area contributed by atoms with Gasteiger partial charge >= 0.3 is 0 Å². The molecule has 2 aliphatic carbocycles. The van der Waals surface area contributed by atoms with Gasteiger partial charge in [-0.2, -0.15) is 0 Å². The number of anilines is 3. The minimum absolute atomic E-state index is 0.120. The van der Waals surface area contributed by atoms with Crippen LogP contribution >= 0.6 is 22.6 Å². The Bertz CT molecular complexity index is 4260. The van der Waals surface area contributed by atoms with E-state index in [1.54, 1.807) is 0 Å². The van der Waals surface area contributed by atoms with E-state index in [9.17, 15) is 0 Å². The van der Waals surface area contributed by atoms with E-state index >= 15 is 0 Å². The summed E-state index contributed by atoms with van der Waals surface area (Å²) in [5, 5.41) is 2.51. The van der Waals surface area contributed by atoms with Crippen LogP contribution in [0.4, 0.5) is 17.1 Å². The van der Waals surface area contributed by atoms with E-state index in [1.165, 1.54) is 126 Å². The van der Waals surface area contributed by atoms with Crippen molar-refractivity contribution < 1.29 is 0 Å². The Hall–Kier alpha value is -8.25. The lowest BCUT2D eigenvalue weighted by molar-refractivity contribution is 0.660. The van der Waals surface area contributed by atoms with Crippen molar-refractivity contribution in [3.63, 3.8) is 0 Å². The fraction of sp³-hybridized carbons (Fsp3) is 0.108. The number of hydrogen-bond donors (Lipinski definition) is 0. The zero-order valence-corrected chi connectivity index (χ0v) is 46.0. The second kappa shape index (κ2) is 18.5. The fourth-order valence-electron chi connectivity index (χ4n) is 13.0. The molecule has 2 nitrogen and oxygen atoms in total. The van der Waals surface area contributed by atoms with Crippen LogP contribution in [0.25, 0.3) is 83.1 Å². The Balaban J connectivity index is 0.918. The second-order valence-corrected chi connectivity index (χ2v) is 23.3. The molecule has 12 aromatic rings. The summed E-state index contributed by atoms with van der Waals surface area (Å²) in [4.78, 5) is 2.46. The van der Waals surface area contributed by atoms with Crippen molar-refractivity contribution in [2.24, 2.45) is 0 Å².